The summed E-state index contributed by atoms with van der Waals surface area (Å²) >= 11 is 0. The maximum absolute atomic E-state index is 12.6. The molecule has 0 radical (unpaired) electrons. The molecular formula is C30H30N2O7. The normalized spacial score (nSPS) is 19.1. The Bertz CT molecular complexity index is 1480. The number of benzene rings is 3. The maximum atomic E-state index is 12.6. The van der Waals surface area contributed by atoms with E-state index in [1.165, 1.54) is 10.8 Å². The third-order valence-electron chi connectivity index (χ3n) is 7.03. The number of aromatic amines is 1. The van der Waals surface area contributed by atoms with Crippen LogP contribution in [0.25, 0.3) is 0 Å². The molecule has 2 heterocycles. The summed E-state index contributed by atoms with van der Waals surface area (Å²) in [6, 6.07) is 24.8. The highest BCUT2D eigenvalue weighted by Gasteiger charge is 2.46. The van der Waals surface area contributed by atoms with Crippen LogP contribution in [0.3, 0.4) is 0 Å². The van der Waals surface area contributed by atoms with E-state index in [2.05, 4.69) is 4.98 Å². The molecule has 5 rings (SSSR count). The molecule has 202 valence electrons. The molecule has 0 saturated carbocycles. The van der Waals surface area contributed by atoms with Crippen LogP contribution in [0.4, 0.5) is 0 Å². The molecular weight excluding hydrogens is 500 g/mol. The fraction of sp³-hybridized carbons (Fsp3) is 0.267. The van der Waals surface area contributed by atoms with E-state index >= 15 is 0 Å². The number of aliphatic hydroxyl groups excluding tert-OH is 1. The lowest BCUT2D eigenvalue weighted by Gasteiger charge is -2.38. The maximum Gasteiger partial charge on any atom is 0.330 e. The highest BCUT2D eigenvalue weighted by Crippen LogP contribution is 2.44. The topological polar surface area (TPSA) is 112 Å². The van der Waals surface area contributed by atoms with Gasteiger partial charge in [0.05, 0.1) is 20.8 Å². The minimum absolute atomic E-state index is 0.0113. The molecule has 0 bridgehead atoms. The fourth-order valence-electron chi connectivity index (χ4n) is 4.95. The molecule has 0 amide bonds. The first-order valence-electron chi connectivity index (χ1n) is 12.5. The van der Waals surface area contributed by atoms with Crippen molar-refractivity contribution in [2.24, 2.45) is 0 Å². The van der Waals surface area contributed by atoms with E-state index in [-0.39, 0.29) is 6.61 Å². The van der Waals surface area contributed by atoms with Crippen LogP contribution in [-0.4, -0.2) is 47.7 Å². The van der Waals surface area contributed by atoms with E-state index < -0.39 is 35.3 Å². The Hall–Kier alpha value is -4.18. The summed E-state index contributed by atoms with van der Waals surface area (Å²) in [7, 11) is 3.21. The number of hydrogen-bond donors (Lipinski definition) is 2. The Balaban J connectivity index is 1.63. The molecule has 9 heteroatoms. The monoisotopic (exact) mass is 530 g/mol. The Morgan fingerprint density at radius 3 is 1.95 bits per heavy atom. The molecule has 0 spiro atoms. The minimum Gasteiger partial charge on any atom is -0.497 e. The zero-order chi connectivity index (χ0) is 27.6. The minimum atomic E-state index is -1.22. The smallest absolute Gasteiger partial charge is 0.330 e. The van der Waals surface area contributed by atoms with E-state index in [1.807, 2.05) is 78.9 Å². The van der Waals surface area contributed by atoms with Crippen LogP contribution < -0.4 is 20.7 Å². The number of nitrogens with zero attached hydrogens (tertiary/aromatic N) is 1. The third kappa shape index (κ3) is 4.87. The summed E-state index contributed by atoms with van der Waals surface area (Å²) < 4.78 is 24.8. The van der Waals surface area contributed by atoms with Gasteiger partial charge in [-0.15, -0.1) is 0 Å². The average Bonchev–Trinajstić information content (AvgIpc) is 3.33. The summed E-state index contributed by atoms with van der Waals surface area (Å²) in [6.07, 6.45) is -1.71. The van der Waals surface area contributed by atoms with Gasteiger partial charge < -0.3 is 24.1 Å². The van der Waals surface area contributed by atoms with Gasteiger partial charge in [-0.1, -0.05) is 54.6 Å². The molecule has 0 aliphatic carbocycles. The van der Waals surface area contributed by atoms with E-state index in [4.69, 9.17) is 18.9 Å². The van der Waals surface area contributed by atoms with Gasteiger partial charge in [0.2, 0.25) is 0 Å². The summed E-state index contributed by atoms with van der Waals surface area (Å²) in [5, 5.41) is 11.4. The van der Waals surface area contributed by atoms with Crippen LogP contribution in [0.5, 0.6) is 11.5 Å². The van der Waals surface area contributed by atoms with Crippen molar-refractivity contribution in [2.45, 2.75) is 31.0 Å². The van der Waals surface area contributed by atoms with Crippen LogP contribution in [0.15, 0.2) is 94.6 Å². The van der Waals surface area contributed by atoms with E-state index in [0.29, 0.717) is 17.1 Å². The number of H-pyrrole nitrogens is 1. The van der Waals surface area contributed by atoms with Gasteiger partial charge in [-0.3, -0.25) is 14.3 Å². The first kappa shape index (κ1) is 26.4. The van der Waals surface area contributed by atoms with Crippen molar-refractivity contribution < 1.29 is 24.1 Å². The fourth-order valence-corrected chi connectivity index (χ4v) is 4.95. The number of aliphatic hydroxyl groups is 1. The molecule has 3 aromatic carbocycles. The van der Waals surface area contributed by atoms with E-state index in [9.17, 15) is 14.7 Å². The van der Waals surface area contributed by atoms with Crippen LogP contribution in [0, 0.1) is 6.92 Å². The van der Waals surface area contributed by atoms with Crippen LogP contribution in [0.1, 0.15) is 28.5 Å². The lowest BCUT2D eigenvalue weighted by Crippen LogP contribution is -2.43. The average molecular weight is 531 g/mol. The first-order chi connectivity index (χ1) is 18.9. The van der Waals surface area contributed by atoms with Gasteiger partial charge in [0.25, 0.3) is 5.56 Å². The predicted octanol–water partition coefficient (Wildman–Crippen LogP) is 3.13. The molecule has 1 saturated heterocycles. The quantitative estimate of drug-likeness (QED) is 0.337. The number of ether oxygens (including phenoxy) is 4. The SMILES string of the molecule is COc1ccc(C(OC2CO[C@@H](n3cc(C)c(=O)[nH]c3=O)[C@H]2O)(c2ccccc2)c2ccc(OC)cc2)cc1. The van der Waals surface area contributed by atoms with Crippen molar-refractivity contribution in [2.75, 3.05) is 20.8 Å². The highest BCUT2D eigenvalue weighted by molar-refractivity contribution is 5.50. The molecule has 1 aromatic heterocycles. The van der Waals surface area contributed by atoms with Gasteiger partial charge in [-0.05, 0) is 47.9 Å². The molecule has 39 heavy (non-hydrogen) atoms. The van der Waals surface area contributed by atoms with Crippen molar-refractivity contribution in [3.05, 3.63) is 128 Å². The largest absolute Gasteiger partial charge is 0.497 e. The van der Waals surface area contributed by atoms with Gasteiger partial charge >= 0.3 is 5.69 Å². The molecule has 1 unspecified atom stereocenters. The zero-order valence-electron chi connectivity index (χ0n) is 21.9. The lowest BCUT2D eigenvalue weighted by molar-refractivity contribution is -0.0905. The van der Waals surface area contributed by atoms with Crippen molar-refractivity contribution in [3.63, 3.8) is 0 Å². The van der Waals surface area contributed by atoms with Crippen LogP contribution in [0.2, 0.25) is 0 Å². The second-order valence-electron chi connectivity index (χ2n) is 9.35. The number of nitrogens with one attached hydrogen (secondary N) is 1. The zero-order valence-corrected chi connectivity index (χ0v) is 21.9. The van der Waals surface area contributed by atoms with Crippen LogP contribution in [-0.2, 0) is 15.1 Å². The first-order valence-corrected chi connectivity index (χ1v) is 12.5. The number of hydrogen-bond acceptors (Lipinski definition) is 7. The molecule has 3 atom stereocenters. The number of methoxy groups -OCH3 is 2. The van der Waals surface area contributed by atoms with Crippen molar-refractivity contribution in [1.29, 1.82) is 0 Å². The van der Waals surface area contributed by atoms with Gasteiger partial charge in [-0.2, -0.15) is 0 Å². The van der Waals surface area contributed by atoms with Gasteiger partial charge in [0.15, 0.2) is 6.23 Å². The molecule has 4 aromatic rings. The summed E-state index contributed by atoms with van der Waals surface area (Å²) in [5.74, 6) is 1.38. The molecule has 1 aliphatic heterocycles. The van der Waals surface area contributed by atoms with Crippen molar-refractivity contribution >= 4 is 0 Å². The summed E-state index contributed by atoms with van der Waals surface area (Å²) in [6.45, 7) is 1.59. The highest BCUT2D eigenvalue weighted by atomic mass is 16.6. The van der Waals surface area contributed by atoms with Crippen LogP contribution >= 0.6 is 0 Å². The number of rotatable bonds is 8. The molecule has 1 aliphatic rings. The van der Waals surface area contributed by atoms with E-state index in [1.54, 1.807) is 21.1 Å². The number of aromatic nitrogens is 2. The standard InChI is InChI=1S/C30H30N2O7/c1-19-17-32(29(35)31-27(19)34)28-26(33)25(18-38-28)39-30(20-7-5-4-6-8-20,21-9-13-23(36-2)14-10-21)22-11-15-24(37-3)16-12-22/h4-17,25-26,28,33H,18H2,1-3H3,(H,31,34,35)/t25?,26-,28+/m0/s1. The number of aryl methyl sites for hydroxylation is 1. The van der Waals surface area contributed by atoms with Gasteiger partial charge in [0, 0.05) is 11.8 Å². The van der Waals surface area contributed by atoms with Gasteiger partial charge in [0.1, 0.15) is 29.3 Å². The Labute approximate surface area is 225 Å². The molecule has 1 fully saturated rings. The van der Waals surface area contributed by atoms with Crippen molar-refractivity contribution in [3.8, 4) is 11.5 Å². The second kappa shape index (κ2) is 10.9. The Morgan fingerprint density at radius 1 is 0.872 bits per heavy atom. The predicted molar refractivity (Wildman–Crippen MR) is 144 cm³/mol. The van der Waals surface area contributed by atoms with Gasteiger partial charge in [-0.25, -0.2) is 4.79 Å². The van der Waals surface area contributed by atoms with E-state index in [0.717, 1.165) is 16.7 Å². The summed E-state index contributed by atoms with van der Waals surface area (Å²) in [4.78, 5) is 26.7. The molecule has 2 N–H and O–H groups in total. The molecule has 9 nitrogen and oxygen atoms in total. The van der Waals surface area contributed by atoms with Crippen molar-refractivity contribution in [1.82, 2.24) is 9.55 Å². The lowest BCUT2D eigenvalue weighted by atomic mass is 9.79. The third-order valence-corrected chi connectivity index (χ3v) is 7.03. The Morgan fingerprint density at radius 2 is 1.41 bits per heavy atom. The Kier molecular flexibility index (Phi) is 7.38. The second-order valence-corrected chi connectivity index (χ2v) is 9.35. The summed E-state index contributed by atoms with van der Waals surface area (Å²) in [5.41, 5.74) is 0.418.